The fourth-order valence-corrected chi connectivity index (χ4v) is 2.19. The quantitative estimate of drug-likeness (QED) is 0.804. The van der Waals surface area contributed by atoms with Crippen LogP contribution in [0.15, 0.2) is 42.6 Å². The van der Waals surface area contributed by atoms with Crippen LogP contribution in [-0.4, -0.2) is 25.6 Å². The average molecular weight is 304 g/mol. The largest absolute Gasteiger partial charge is 0.480 e. The van der Waals surface area contributed by atoms with Gasteiger partial charge in [-0.1, -0.05) is 19.0 Å². The number of nitrogens with zero attached hydrogens (tertiary/aromatic N) is 3. The topological polar surface area (TPSA) is 68.0 Å². The Morgan fingerprint density at radius 1 is 1.24 bits per heavy atom. The summed E-state index contributed by atoms with van der Waals surface area (Å²) in [5.74, 6) is -0.372. The maximum atomic E-state index is 11.1. The molecule has 2 heterocycles. The Kier molecular flexibility index (Phi) is 4.23. The standard InChI is InChI=1S/C14H10ClN3O2.CH4/c15-10-5-3-9(4-6-10)13-17-11-2-1-7-16-14(11)18(13)8-12(19)20;/h1-7H,8H2,(H,19,20);1H4. The summed E-state index contributed by atoms with van der Waals surface area (Å²) in [5, 5.41) is 9.68. The van der Waals surface area contributed by atoms with E-state index in [1.807, 2.05) is 12.1 Å². The first kappa shape index (κ1) is 15.0. The molecule has 6 heteroatoms. The van der Waals surface area contributed by atoms with Crippen LogP contribution in [-0.2, 0) is 11.3 Å². The zero-order valence-corrected chi connectivity index (χ0v) is 11.1. The Labute approximate surface area is 126 Å². The first-order chi connectivity index (χ1) is 9.65. The van der Waals surface area contributed by atoms with Crippen LogP contribution in [0.4, 0.5) is 0 Å². The molecule has 1 N–H and O–H groups in total. The number of halogens is 1. The molecule has 108 valence electrons. The third-order valence-electron chi connectivity index (χ3n) is 2.90. The SMILES string of the molecule is C.O=C(O)Cn1c(-c2ccc(Cl)cc2)nc2cccnc21. The van der Waals surface area contributed by atoms with Gasteiger partial charge in [0.1, 0.15) is 17.9 Å². The van der Waals surface area contributed by atoms with Crippen molar-refractivity contribution in [1.29, 1.82) is 0 Å². The number of aliphatic carboxylic acids is 1. The number of pyridine rings is 1. The number of benzene rings is 1. The smallest absolute Gasteiger partial charge is 0.323 e. The molecule has 0 aliphatic rings. The van der Waals surface area contributed by atoms with Crippen LogP contribution in [0.2, 0.25) is 5.02 Å². The number of fused-ring (bicyclic) bond motifs is 1. The lowest BCUT2D eigenvalue weighted by Crippen LogP contribution is -2.10. The molecule has 0 amide bonds. The summed E-state index contributed by atoms with van der Waals surface area (Å²) in [6.07, 6.45) is 1.62. The van der Waals surface area contributed by atoms with Crippen LogP contribution in [0.5, 0.6) is 0 Å². The number of rotatable bonds is 3. The summed E-state index contributed by atoms with van der Waals surface area (Å²) in [7, 11) is 0. The van der Waals surface area contributed by atoms with E-state index < -0.39 is 5.97 Å². The third kappa shape index (κ3) is 2.87. The second kappa shape index (κ2) is 5.93. The maximum Gasteiger partial charge on any atom is 0.323 e. The van der Waals surface area contributed by atoms with Gasteiger partial charge in [0.15, 0.2) is 5.65 Å². The Morgan fingerprint density at radius 3 is 2.62 bits per heavy atom. The highest BCUT2D eigenvalue weighted by atomic mass is 35.5. The van der Waals surface area contributed by atoms with Crippen molar-refractivity contribution in [1.82, 2.24) is 14.5 Å². The molecule has 0 bridgehead atoms. The van der Waals surface area contributed by atoms with E-state index in [0.717, 1.165) is 5.56 Å². The number of imidazole rings is 1. The minimum absolute atomic E-state index is 0. The zero-order chi connectivity index (χ0) is 14.1. The van der Waals surface area contributed by atoms with Crippen LogP contribution in [0, 0.1) is 0 Å². The van der Waals surface area contributed by atoms with Gasteiger partial charge in [-0.15, -0.1) is 0 Å². The van der Waals surface area contributed by atoms with Crippen LogP contribution < -0.4 is 0 Å². The predicted octanol–water partition coefficient (Wildman–Crippen LogP) is 3.47. The van der Waals surface area contributed by atoms with Crippen molar-refractivity contribution < 1.29 is 9.90 Å². The van der Waals surface area contributed by atoms with Crippen molar-refractivity contribution in [3.63, 3.8) is 0 Å². The summed E-state index contributed by atoms with van der Waals surface area (Å²) in [6, 6.07) is 10.7. The second-order valence-electron chi connectivity index (χ2n) is 4.27. The van der Waals surface area contributed by atoms with Crippen molar-refractivity contribution >= 4 is 28.7 Å². The molecule has 0 fully saturated rings. The fraction of sp³-hybridized carbons (Fsp3) is 0.133. The average Bonchev–Trinajstić information content (AvgIpc) is 2.78. The molecule has 0 saturated heterocycles. The van der Waals surface area contributed by atoms with E-state index in [9.17, 15) is 4.79 Å². The van der Waals surface area contributed by atoms with E-state index in [0.29, 0.717) is 22.0 Å². The van der Waals surface area contributed by atoms with Crippen LogP contribution in [0.3, 0.4) is 0 Å². The van der Waals surface area contributed by atoms with Crippen molar-refractivity contribution in [2.75, 3.05) is 0 Å². The lowest BCUT2D eigenvalue weighted by Gasteiger charge is -2.05. The Hall–Kier alpha value is -2.40. The van der Waals surface area contributed by atoms with Crippen molar-refractivity contribution in [2.45, 2.75) is 14.0 Å². The molecular weight excluding hydrogens is 290 g/mol. The van der Waals surface area contributed by atoms with Gasteiger partial charge in [0.2, 0.25) is 0 Å². The molecule has 0 atom stereocenters. The van der Waals surface area contributed by atoms with E-state index in [1.54, 1.807) is 35.0 Å². The number of hydrogen-bond donors (Lipinski definition) is 1. The van der Waals surface area contributed by atoms with Gasteiger partial charge in [-0.25, -0.2) is 9.97 Å². The minimum atomic E-state index is -0.940. The molecule has 0 aliphatic carbocycles. The highest BCUT2D eigenvalue weighted by Crippen LogP contribution is 2.24. The van der Waals surface area contributed by atoms with Gasteiger partial charge in [-0.2, -0.15) is 0 Å². The molecule has 3 aromatic rings. The fourth-order valence-electron chi connectivity index (χ4n) is 2.06. The van der Waals surface area contributed by atoms with E-state index in [2.05, 4.69) is 9.97 Å². The molecular formula is C15H14ClN3O2. The van der Waals surface area contributed by atoms with Gasteiger partial charge < -0.3 is 5.11 Å². The summed E-state index contributed by atoms with van der Waals surface area (Å²) in [6.45, 7) is -0.189. The third-order valence-corrected chi connectivity index (χ3v) is 3.15. The zero-order valence-electron chi connectivity index (χ0n) is 10.3. The van der Waals surface area contributed by atoms with Gasteiger partial charge in [-0.3, -0.25) is 9.36 Å². The van der Waals surface area contributed by atoms with E-state index >= 15 is 0 Å². The second-order valence-corrected chi connectivity index (χ2v) is 4.70. The van der Waals surface area contributed by atoms with Crippen LogP contribution >= 0.6 is 11.6 Å². The summed E-state index contributed by atoms with van der Waals surface area (Å²) >= 11 is 5.87. The van der Waals surface area contributed by atoms with Crippen molar-refractivity contribution in [3.8, 4) is 11.4 Å². The summed E-state index contributed by atoms with van der Waals surface area (Å²) < 4.78 is 1.58. The normalized spacial score (nSPS) is 10.3. The minimum Gasteiger partial charge on any atom is -0.480 e. The number of aromatic nitrogens is 3. The van der Waals surface area contributed by atoms with Gasteiger partial charge >= 0.3 is 5.97 Å². The van der Waals surface area contributed by atoms with Gasteiger partial charge in [0.25, 0.3) is 0 Å². The van der Waals surface area contributed by atoms with E-state index in [1.165, 1.54) is 0 Å². The van der Waals surface area contributed by atoms with Gasteiger partial charge in [0, 0.05) is 16.8 Å². The van der Waals surface area contributed by atoms with Crippen LogP contribution in [0.25, 0.3) is 22.6 Å². The molecule has 2 aromatic heterocycles. The first-order valence-corrected chi connectivity index (χ1v) is 6.32. The van der Waals surface area contributed by atoms with Crippen molar-refractivity contribution in [2.24, 2.45) is 0 Å². The number of carboxylic acid groups (broad SMARTS) is 1. The summed E-state index contributed by atoms with van der Waals surface area (Å²) in [4.78, 5) is 19.7. The van der Waals surface area contributed by atoms with Gasteiger partial charge in [0.05, 0.1) is 0 Å². The van der Waals surface area contributed by atoms with Gasteiger partial charge in [-0.05, 0) is 36.4 Å². The monoisotopic (exact) mass is 303 g/mol. The molecule has 3 rings (SSSR count). The van der Waals surface area contributed by atoms with Crippen LogP contribution in [0.1, 0.15) is 7.43 Å². The summed E-state index contributed by atoms with van der Waals surface area (Å²) in [5.41, 5.74) is 2.02. The number of carbonyl (C=O) groups is 1. The molecule has 5 nitrogen and oxygen atoms in total. The van der Waals surface area contributed by atoms with Crippen molar-refractivity contribution in [3.05, 3.63) is 47.6 Å². The van der Waals surface area contributed by atoms with E-state index in [4.69, 9.17) is 16.7 Å². The molecule has 0 saturated carbocycles. The highest BCUT2D eigenvalue weighted by molar-refractivity contribution is 6.30. The molecule has 0 radical (unpaired) electrons. The molecule has 21 heavy (non-hydrogen) atoms. The lowest BCUT2D eigenvalue weighted by molar-refractivity contribution is -0.137. The lowest BCUT2D eigenvalue weighted by atomic mass is 10.2. The highest BCUT2D eigenvalue weighted by Gasteiger charge is 2.15. The number of hydrogen-bond acceptors (Lipinski definition) is 3. The Morgan fingerprint density at radius 2 is 1.95 bits per heavy atom. The molecule has 0 aliphatic heterocycles. The molecule has 0 unspecified atom stereocenters. The maximum absolute atomic E-state index is 11.1. The number of carboxylic acids is 1. The first-order valence-electron chi connectivity index (χ1n) is 5.94. The molecule has 1 aromatic carbocycles. The Balaban J connectivity index is 0.00000161. The Bertz CT molecular complexity index is 781. The molecule has 0 spiro atoms. The predicted molar refractivity (Wildman–Crippen MR) is 82.3 cm³/mol. The van der Waals surface area contributed by atoms with E-state index in [-0.39, 0.29) is 14.0 Å².